The molecule has 0 fully saturated rings. The molecule has 2 aromatic rings. The van der Waals surface area contributed by atoms with Crippen molar-refractivity contribution in [3.63, 3.8) is 0 Å². The molecule has 0 aliphatic heterocycles. The topological polar surface area (TPSA) is 64.1 Å². The molecule has 3 nitrogen and oxygen atoms in total. The Labute approximate surface area is 120 Å². The van der Waals surface area contributed by atoms with E-state index in [1.165, 1.54) is 18.2 Å². The molecule has 0 aliphatic carbocycles. The van der Waals surface area contributed by atoms with Gasteiger partial charge in [-0.2, -0.15) is 0 Å². The molecule has 0 aromatic heterocycles. The SMILES string of the molecule is NNC(c1cc(F)ccc1N)c1cc(Cl)ccc1Cl. The average Bonchev–Trinajstić information content (AvgIpc) is 2.38. The molecule has 0 aliphatic rings. The molecule has 0 heterocycles. The van der Waals surface area contributed by atoms with Crippen LogP contribution in [-0.4, -0.2) is 0 Å². The summed E-state index contributed by atoms with van der Waals surface area (Å²) in [6, 6.07) is 8.52. The molecule has 0 spiro atoms. The Morgan fingerprint density at radius 2 is 1.79 bits per heavy atom. The first-order valence-electron chi connectivity index (χ1n) is 5.49. The molecule has 6 heteroatoms. The summed E-state index contributed by atoms with van der Waals surface area (Å²) in [4.78, 5) is 0. The van der Waals surface area contributed by atoms with E-state index in [1.54, 1.807) is 18.2 Å². The summed E-state index contributed by atoms with van der Waals surface area (Å²) in [7, 11) is 0. The number of anilines is 1. The minimum Gasteiger partial charge on any atom is -0.398 e. The van der Waals surface area contributed by atoms with Crippen molar-refractivity contribution >= 4 is 28.9 Å². The third-order valence-electron chi connectivity index (χ3n) is 2.80. The van der Waals surface area contributed by atoms with E-state index in [4.69, 9.17) is 34.8 Å². The highest BCUT2D eigenvalue weighted by atomic mass is 35.5. The summed E-state index contributed by atoms with van der Waals surface area (Å²) in [5, 5.41) is 0.977. The lowest BCUT2D eigenvalue weighted by Crippen LogP contribution is -2.29. The van der Waals surface area contributed by atoms with Gasteiger partial charge in [-0.3, -0.25) is 5.84 Å². The number of benzene rings is 2. The van der Waals surface area contributed by atoms with Crippen LogP contribution < -0.4 is 17.0 Å². The van der Waals surface area contributed by atoms with Crippen LogP contribution in [0.1, 0.15) is 17.2 Å². The smallest absolute Gasteiger partial charge is 0.123 e. The van der Waals surface area contributed by atoms with Gasteiger partial charge in [0, 0.05) is 21.3 Å². The number of nitrogens with two attached hydrogens (primary N) is 2. The molecule has 0 saturated heterocycles. The fourth-order valence-electron chi connectivity index (χ4n) is 1.88. The number of halogens is 3. The van der Waals surface area contributed by atoms with Crippen LogP contribution in [-0.2, 0) is 0 Å². The van der Waals surface area contributed by atoms with E-state index >= 15 is 0 Å². The van der Waals surface area contributed by atoms with Crippen molar-refractivity contribution in [2.24, 2.45) is 5.84 Å². The fourth-order valence-corrected chi connectivity index (χ4v) is 2.29. The van der Waals surface area contributed by atoms with Crippen LogP contribution in [0.3, 0.4) is 0 Å². The van der Waals surface area contributed by atoms with E-state index in [9.17, 15) is 4.39 Å². The van der Waals surface area contributed by atoms with Crippen molar-refractivity contribution in [2.45, 2.75) is 6.04 Å². The number of nitrogen functional groups attached to an aromatic ring is 1. The third kappa shape index (κ3) is 2.98. The maximum atomic E-state index is 13.4. The normalized spacial score (nSPS) is 12.4. The van der Waals surface area contributed by atoms with Gasteiger partial charge < -0.3 is 5.73 Å². The van der Waals surface area contributed by atoms with Gasteiger partial charge >= 0.3 is 0 Å². The number of hydrazine groups is 1. The highest BCUT2D eigenvalue weighted by molar-refractivity contribution is 6.33. The van der Waals surface area contributed by atoms with Gasteiger partial charge in [0.05, 0.1) is 6.04 Å². The summed E-state index contributed by atoms with van der Waals surface area (Å²) in [5.41, 5.74) is 9.99. The zero-order valence-corrected chi connectivity index (χ0v) is 11.3. The Bertz CT molecular complexity index is 553. The molecule has 0 saturated carbocycles. The van der Waals surface area contributed by atoms with E-state index < -0.39 is 11.9 Å². The summed E-state index contributed by atoms with van der Waals surface area (Å²) in [6.07, 6.45) is 0. The Balaban J connectivity index is 2.55. The lowest BCUT2D eigenvalue weighted by Gasteiger charge is -2.20. The molecule has 19 heavy (non-hydrogen) atoms. The van der Waals surface area contributed by atoms with E-state index in [1.807, 2.05) is 0 Å². The Hall–Kier alpha value is -1.33. The zero-order chi connectivity index (χ0) is 14.0. The standard InChI is InChI=1S/C13H12Cl2FN3/c14-7-1-3-11(15)9(5-7)13(19-18)10-6-8(16)2-4-12(10)17/h1-6,13,19H,17-18H2. The zero-order valence-electron chi connectivity index (χ0n) is 9.83. The Morgan fingerprint density at radius 1 is 1.05 bits per heavy atom. The number of rotatable bonds is 3. The van der Waals surface area contributed by atoms with Crippen LogP contribution in [0.2, 0.25) is 10.0 Å². The number of hydrogen-bond acceptors (Lipinski definition) is 3. The molecule has 0 bridgehead atoms. The lowest BCUT2D eigenvalue weighted by atomic mass is 9.97. The van der Waals surface area contributed by atoms with Gasteiger partial charge in [0.25, 0.3) is 0 Å². The predicted octanol–water partition coefficient (Wildman–Crippen LogP) is 3.27. The first kappa shape index (κ1) is 14.1. The lowest BCUT2D eigenvalue weighted by molar-refractivity contribution is 0.606. The van der Waals surface area contributed by atoms with Crippen molar-refractivity contribution in [1.29, 1.82) is 0 Å². The summed E-state index contributed by atoms with van der Waals surface area (Å²) < 4.78 is 13.4. The second kappa shape index (κ2) is 5.75. The van der Waals surface area contributed by atoms with Crippen LogP contribution in [0.15, 0.2) is 36.4 Å². The van der Waals surface area contributed by atoms with Crippen LogP contribution >= 0.6 is 23.2 Å². The minimum absolute atomic E-state index is 0.400. The third-order valence-corrected chi connectivity index (χ3v) is 3.37. The first-order valence-corrected chi connectivity index (χ1v) is 6.24. The molecule has 1 atom stereocenters. The fraction of sp³-hybridized carbons (Fsp3) is 0.0769. The van der Waals surface area contributed by atoms with Gasteiger partial charge in [0.1, 0.15) is 5.82 Å². The minimum atomic E-state index is -0.540. The largest absolute Gasteiger partial charge is 0.398 e. The molecule has 100 valence electrons. The quantitative estimate of drug-likeness (QED) is 0.463. The van der Waals surface area contributed by atoms with Gasteiger partial charge in [0.2, 0.25) is 0 Å². The van der Waals surface area contributed by atoms with Crippen LogP contribution in [0.5, 0.6) is 0 Å². The second-order valence-electron chi connectivity index (χ2n) is 4.04. The van der Waals surface area contributed by atoms with Crippen molar-refractivity contribution in [1.82, 2.24) is 5.43 Å². The second-order valence-corrected chi connectivity index (χ2v) is 4.88. The van der Waals surface area contributed by atoms with Crippen molar-refractivity contribution < 1.29 is 4.39 Å². The highest BCUT2D eigenvalue weighted by Crippen LogP contribution is 2.32. The monoisotopic (exact) mass is 299 g/mol. The van der Waals surface area contributed by atoms with E-state index in [-0.39, 0.29) is 0 Å². The molecule has 0 radical (unpaired) electrons. The van der Waals surface area contributed by atoms with Crippen molar-refractivity contribution in [3.05, 3.63) is 63.4 Å². The van der Waals surface area contributed by atoms with Crippen LogP contribution in [0, 0.1) is 5.82 Å². The Morgan fingerprint density at radius 3 is 2.47 bits per heavy atom. The maximum absolute atomic E-state index is 13.4. The molecule has 2 rings (SSSR count). The van der Waals surface area contributed by atoms with Gasteiger partial charge in [0.15, 0.2) is 0 Å². The maximum Gasteiger partial charge on any atom is 0.123 e. The molecule has 1 unspecified atom stereocenters. The summed E-state index contributed by atoms with van der Waals surface area (Å²) in [6.45, 7) is 0. The Kier molecular flexibility index (Phi) is 4.27. The predicted molar refractivity (Wildman–Crippen MR) is 76.4 cm³/mol. The van der Waals surface area contributed by atoms with E-state index in [0.29, 0.717) is 26.9 Å². The van der Waals surface area contributed by atoms with Gasteiger partial charge in [-0.15, -0.1) is 0 Å². The van der Waals surface area contributed by atoms with Crippen molar-refractivity contribution in [2.75, 3.05) is 5.73 Å². The molecule has 0 amide bonds. The number of hydrogen-bond donors (Lipinski definition) is 3. The molecular weight excluding hydrogens is 288 g/mol. The van der Waals surface area contributed by atoms with Crippen molar-refractivity contribution in [3.8, 4) is 0 Å². The van der Waals surface area contributed by atoms with Crippen LogP contribution in [0.25, 0.3) is 0 Å². The first-order chi connectivity index (χ1) is 9.02. The van der Waals surface area contributed by atoms with Gasteiger partial charge in [-0.25, -0.2) is 9.82 Å². The average molecular weight is 300 g/mol. The molecular formula is C13H12Cl2FN3. The summed E-state index contributed by atoms with van der Waals surface area (Å²) >= 11 is 12.1. The molecule has 2 aromatic carbocycles. The van der Waals surface area contributed by atoms with E-state index in [2.05, 4.69) is 5.43 Å². The highest BCUT2D eigenvalue weighted by Gasteiger charge is 2.19. The number of nitrogens with one attached hydrogen (secondary N) is 1. The summed E-state index contributed by atoms with van der Waals surface area (Å²) in [5.74, 6) is 5.14. The van der Waals surface area contributed by atoms with Crippen LogP contribution in [0.4, 0.5) is 10.1 Å². The van der Waals surface area contributed by atoms with E-state index in [0.717, 1.165) is 0 Å². The van der Waals surface area contributed by atoms with Gasteiger partial charge in [-0.05, 0) is 42.0 Å². The van der Waals surface area contributed by atoms with Gasteiger partial charge in [-0.1, -0.05) is 23.2 Å². The molecule has 5 N–H and O–H groups in total.